The molecule has 0 amide bonds. The van der Waals surface area contributed by atoms with Gasteiger partial charge in [0, 0.05) is 11.8 Å². The first-order valence-corrected chi connectivity index (χ1v) is 7.86. The van der Waals surface area contributed by atoms with Crippen molar-refractivity contribution in [1.29, 1.82) is 0 Å². The second-order valence-electron chi connectivity index (χ2n) is 5.02. The predicted octanol–water partition coefficient (Wildman–Crippen LogP) is 3.90. The van der Waals surface area contributed by atoms with Crippen molar-refractivity contribution in [2.45, 2.75) is 45.3 Å². The van der Waals surface area contributed by atoms with Gasteiger partial charge >= 0.3 is 0 Å². The second-order valence-corrected chi connectivity index (χ2v) is 7.73. The second kappa shape index (κ2) is 6.68. The molecule has 3 nitrogen and oxygen atoms in total. The molecule has 18 heavy (non-hydrogen) atoms. The van der Waals surface area contributed by atoms with Gasteiger partial charge in [0.1, 0.15) is 20.7 Å². The van der Waals surface area contributed by atoms with E-state index < -0.39 is 11.4 Å². The molecule has 0 radical (unpaired) electrons. The molecule has 0 aromatic carbocycles. The van der Waals surface area contributed by atoms with Crippen LogP contribution < -0.4 is 0 Å². The van der Waals surface area contributed by atoms with Gasteiger partial charge in [0.25, 0.3) is 0 Å². The van der Waals surface area contributed by atoms with E-state index in [-0.39, 0.29) is 4.75 Å². The maximum Gasteiger partial charge on any atom is 0.144 e. The highest BCUT2D eigenvalue weighted by Gasteiger charge is 2.27. The van der Waals surface area contributed by atoms with Gasteiger partial charge in [-0.2, -0.15) is 0 Å². The molecule has 0 saturated heterocycles. The van der Waals surface area contributed by atoms with Crippen LogP contribution in [0, 0.1) is 0 Å². The molecule has 0 saturated carbocycles. The van der Waals surface area contributed by atoms with Crippen molar-refractivity contribution < 1.29 is 4.55 Å². The molecule has 1 atom stereocenters. The van der Waals surface area contributed by atoms with Gasteiger partial charge in [-0.05, 0) is 55.3 Å². The summed E-state index contributed by atoms with van der Waals surface area (Å²) in [5, 5.41) is 0. The summed E-state index contributed by atoms with van der Waals surface area (Å²) >= 11 is 2.12. The normalized spacial score (nSPS) is 14.7. The lowest BCUT2D eigenvalue weighted by molar-refractivity contribution is 0.561. The Labute approximate surface area is 121 Å². The van der Waals surface area contributed by atoms with Crippen molar-refractivity contribution in [3.8, 4) is 0 Å². The molecule has 1 aromatic rings. The first-order valence-electron chi connectivity index (χ1n) is 5.96. The Kier molecular flexibility index (Phi) is 5.82. The van der Waals surface area contributed by atoms with Crippen LogP contribution in [0.3, 0.4) is 0 Å². The molecule has 0 aliphatic carbocycles. The molecule has 1 aromatic heterocycles. The number of halogens is 1. The van der Waals surface area contributed by atoms with Crippen LogP contribution in [0.4, 0.5) is 0 Å². The maximum absolute atomic E-state index is 12.1. The Morgan fingerprint density at radius 2 is 2.17 bits per heavy atom. The third-order valence-corrected chi connectivity index (χ3v) is 4.13. The fourth-order valence-corrected chi connectivity index (χ4v) is 2.33. The number of aromatic nitrogens is 1. The van der Waals surface area contributed by atoms with Crippen molar-refractivity contribution in [2.24, 2.45) is 4.40 Å². The molecule has 5 heteroatoms. The van der Waals surface area contributed by atoms with Crippen LogP contribution in [0.25, 0.3) is 0 Å². The lowest BCUT2D eigenvalue weighted by atomic mass is 10.1. The minimum absolute atomic E-state index is 0.330. The van der Waals surface area contributed by atoms with Crippen molar-refractivity contribution in [2.75, 3.05) is 0 Å². The Morgan fingerprint density at radius 1 is 1.50 bits per heavy atom. The number of hydrogen-bond acceptors (Lipinski definition) is 3. The van der Waals surface area contributed by atoms with Crippen LogP contribution in [-0.4, -0.2) is 20.0 Å². The summed E-state index contributed by atoms with van der Waals surface area (Å²) < 4.78 is 16.9. The average Bonchev–Trinajstić information content (AvgIpc) is 2.27. The topological polar surface area (TPSA) is 48.3 Å². The number of rotatable bonds is 4. The lowest BCUT2D eigenvalue weighted by Gasteiger charge is -2.19. The molecule has 0 aliphatic rings. The summed E-state index contributed by atoms with van der Waals surface area (Å²) in [6, 6.07) is 3.81. The van der Waals surface area contributed by atoms with Gasteiger partial charge in [0.15, 0.2) is 0 Å². The standard InChI is InChI=1S/C13H19BrN2OS/c1-5-6-11(16-18(17)13(2,3)4)10-7-8-15-12(14)9-10/h7-9H,5-6H2,1-4H3/b16-11+. The largest absolute Gasteiger partial charge is 0.591 e. The van der Waals surface area contributed by atoms with Gasteiger partial charge in [-0.3, -0.25) is 0 Å². The van der Waals surface area contributed by atoms with Crippen LogP contribution in [-0.2, 0) is 11.4 Å². The minimum Gasteiger partial charge on any atom is -0.591 e. The zero-order valence-corrected chi connectivity index (χ0v) is 13.6. The van der Waals surface area contributed by atoms with Crippen molar-refractivity contribution in [1.82, 2.24) is 4.98 Å². The van der Waals surface area contributed by atoms with Gasteiger partial charge in [-0.1, -0.05) is 17.7 Å². The van der Waals surface area contributed by atoms with Crippen LogP contribution in [0.15, 0.2) is 27.3 Å². The first-order chi connectivity index (χ1) is 8.34. The SMILES string of the molecule is CCC/C(=N\[S+]([O-])C(C)(C)C)c1ccnc(Br)c1. The average molecular weight is 331 g/mol. The zero-order chi connectivity index (χ0) is 13.8. The lowest BCUT2D eigenvalue weighted by Crippen LogP contribution is -2.27. The maximum atomic E-state index is 12.1. The fourth-order valence-electron chi connectivity index (χ4n) is 1.30. The Bertz CT molecular complexity index is 429. The smallest absolute Gasteiger partial charge is 0.144 e. The van der Waals surface area contributed by atoms with Crippen molar-refractivity contribution in [3.63, 3.8) is 0 Å². The van der Waals surface area contributed by atoms with Gasteiger partial charge in [0.2, 0.25) is 0 Å². The third kappa shape index (κ3) is 4.71. The quantitative estimate of drug-likeness (QED) is 0.477. The highest BCUT2D eigenvalue weighted by molar-refractivity contribution is 9.10. The summed E-state index contributed by atoms with van der Waals surface area (Å²) in [5.74, 6) is 0. The van der Waals surface area contributed by atoms with E-state index in [1.54, 1.807) is 6.20 Å². The fraction of sp³-hybridized carbons (Fsp3) is 0.538. The van der Waals surface area contributed by atoms with Gasteiger partial charge < -0.3 is 4.55 Å². The van der Waals surface area contributed by atoms with Crippen LogP contribution >= 0.6 is 15.9 Å². The van der Waals surface area contributed by atoms with Crippen molar-refractivity contribution in [3.05, 3.63) is 28.5 Å². The number of nitrogens with zero attached hydrogens (tertiary/aromatic N) is 2. The van der Waals surface area contributed by atoms with E-state index in [2.05, 4.69) is 32.2 Å². The molecule has 100 valence electrons. The predicted molar refractivity (Wildman–Crippen MR) is 81.3 cm³/mol. The van der Waals surface area contributed by atoms with Crippen LogP contribution in [0.1, 0.15) is 46.1 Å². The van der Waals surface area contributed by atoms with E-state index in [0.29, 0.717) is 0 Å². The first kappa shape index (κ1) is 15.7. The minimum atomic E-state index is -1.22. The molecular formula is C13H19BrN2OS. The van der Waals surface area contributed by atoms with E-state index >= 15 is 0 Å². The molecule has 0 bridgehead atoms. The van der Waals surface area contributed by atoms with Crippen LogP contribution in [0.5, 0.6) is 0 Å². The molecular weight excluding hydrogens is 312 g/mol. The van der Waals surface area contributed by atoms with Gasteiger partial charge in [0.05, 0.1) is 5.71 Å². The molecule has 1 unspecified atom stereocenters. The third-order valence-electron chi connectivity index (χ3n) is 2.26. The highest BCUT2D eigenvalue weighted by Crippen LogP contribution is 2.20. The van der Waals surface area contributed by atoms with E-state index in [4.69, 9.17) is 0 Å². The van der Waals surface area contributed by atoms with E-state index in [1.165, 1.54) is 0 Å². The summed E-state index contributed by atoms with van der Waals surface area (Å²) in [5.41, 5.74) is 1.87. The summed E-state index contributed by atoms with van der Waals surface area (Å²) in [6.07, 6.45) is 3.52. The number of hydrogen-bond donors (Lipinski definition) is 0. The Morgan fingerprint density at radius 3 is 2.67 bits per heavy atom. The molecule has 0 aliphatic heterocycles. The monoisotopic (exact) mass is 330 g/mol. The summed E-state index contributed by atoms with van der Waals surface area (Å²) in [4.78, 5) is 4.10. The van der Waals surface area contributed by atoms with E-state index in [0.717, 1.165) is 28.7 Å². The summed E-state index contributed by atoms with van der Waals surface area (Å²) in [6.45, 7) is 7.88. The molecule has 1 rings (SSSR count). The Hall–Kier alpha value is -0.390. The molecule has 0 fully saturated rings. The van der Waals surface area contributed by atoms with Crippen molar-refractivity contribution >= 4 is 33.0 Å². The Balaban J connectivity index is 3.06. The van der Waals surface area contributed by atoms with Gasteiger partial charge in [-0.25, -0.2) is 4.98 Å². The highest BCUT2D eigenvalue weighted by atomic mass is 79.9. The number of pyridine rings is 1. The molecule has 1 heterocycles. The summed E-state index contributed by atoms with van der Waals surface area (Å²) in [7, 11) is 0. The molecule has 0 spiro atoms. The van der Waals surface area contributed by atoms with E-state index in [1.807, 2.05) is 32.9 Å². The zero-order valence-electron chi connectivity index (χ0n) is 11.2. The van der Waals surface area contributed by atoms with Crippen LogP contribution in [0.2, 0.25) is 0 Å². The molecule has 0 N–H and O–H groups in total. The van der Waals surface area contributed by atoms with Gasteiger partial charge in [-0.15, -0.1) is 0 Å². The van der Waals surface area contributed by atoms with E-state index in [9.17, 15) is 4.55 Å².